The second-order valence-electron chi connectivity index (χ2n) is 8.20. The molecule has 0 aliphatic carbocycles. The van der Waals surface area contributed by atoms with E-state index in [4.69, 9.17) is 16.6 Å². The van der Waals surface area contributed by atoms with Crippen molar-refractivity contribution in [1.82, 2.24) is 24.9 Å². The molecule has 1 aliphatic heterocycles. The van der Waals surface area contributed by atoms with E-state index >= 15 is 0 Å². The first kappa shape index (κ1) is 19.9. The van der Waals surface area contributed by atoms with E-state index in [1.165, 1.54) is 0 Å². The van der Waals surface area contributed by atoms with Crippen LogP contribution in [-0.4, -0.2) is 43.9 Å². The summed E-state index contributed by atoms with van der Waals surface area (Å²) in [5.74, 6) is 2.56. The number of terminal acetylenes is 1. The highest BCUT2D eigenvalue weighted by molar-refractivity contribution is 6.01. The summed E-state index contributed by atoms with van der Waals surface area (Å²) in [6, 6.07) is 5.77. The first-order valence-corrected chi connectivity index (χ1v) is 10.4. The molecule has 1 saturated heterocycles. The summed E-state index contributed by atoms with van der Waals surface area (Å²) in [7, 11) is 0. The average Bonchev–Trinajstić information content (AvgIpc) is 3.35. The maximum Gasteiger partial charge on any atom is 0.298 e. The zero-order valence-electron chi connectivity index (χ0n) is 17.8. The Bertz CT molecular complexity index is 1490. The van der Waals surface area contributed by atoms with Crippen molar-refractivity contribution in [1.29, 1.82) is 0 Å². The molecule has 3 N–H and O–H groups in total. The van der Waals surface area contributed by atoms with Gasteiger partial charge in [0, 0.05) is 24.0 Å². The standard InChI is InChI=1S/C23H22N6O3/c1-4-17(30)28-9-5-6-14(11-28)29-20(18-19(27-29)23(31)26-25-22(18)24)21-13(3)15-10-12(2)7-8-16(15)32-21/h1,7-8,10,14H,5-6,9,11H2,2-3H3,(H2,24,25)(H,26,31). The topological polar surface area (TPSA) is 123 Å². The van der Waals surface area contributed by atoms with Gasteiger partial charge in [0.05, 0.1) is 11.4 Å². The Morgan fingerprint density at radius 3 is 2.97 bits per heavy atom. The number of carbonyl (C=O) groups excluding carboxylic acids is 1. The number of hydrogen-bond acceptors (Lipinski definition) is 6. The van der Waals surface area contributed by atoms with Crippen molar-refractivity contribution in [2.24, 2.45) is 0 Å². The van der Waals surface area contributed by atoms with Crippen LogP contribution >= 0.6 is 0 Å². The number of fused-ring (bicyclic) bond motifs is 2. The second kappa shape index (κ2) is 7.27. The maximum atomic E-state index is 12.6. The molecule has 5 rings (SSSR count). The van der Waals surface area contributed by atoms with Gasteiger partial charge in [-0.3, -0.25) is 14.3 Å². The number of nitrogen functional groups attached to an aromatic ring is 1. The summed E-state index contributed by atoms with van der Waals surface area (Å²) in [4.78, 5) is 26.3. The number of nitrogens with zero attached hydrogens (tertiary/aromatic N) is 4. The predicted molar refractivity (Wildman–Crippen MR) is 121 cm³/mol. The Balaban J connectivity index is 1.78. The van der Waals surface area contributed by atoms with Crippen LogP contribution in [0.15, 0.2) is 27.4 Å². The van der Waals surface area contributed by atoms with E-state index < -0.39 is 5.56 Å². The van der Waals surface area contributed by atoms with Crippen LogP contribution in [0.3, 0.4) is 0 Å². The lowest BCUT2D eigenvalue weighted by Gasteiger charge is -2.32. The summed E-state index contributed by atoms with van der Waals surface area (Å²) < 4.78 is 8.01. The summed E-state index contributed by atoms with van der Waals surface area (Å²) in [5, 5.41) is 12.4. The number of nitrogens with one attached hydrogen (secondary N) is 1. The minimum Gasteiger partial charge on any atom is -0.454 e. The molecule has 1 aliphatic rings. The van der Waals surface area contributed by atoms with E-state index in [0.717, 1.165) is 34.9 Å². The number of aromatic nitrogens is 4. The molecule has 1 unspecified atom stereocenters. The molecule has 1 atom stereocenters. The van der Waals surface area contributed by atoms with Crippen molar-refractivity contribution >= 4 is 33.6 Å². The lowest BCUT2D eigenvalue weighted by atomic mass is 10.0. The smallest absolute Gasteiger partial charge is 0.298 e. The SMILES string of the molecule is C#CC(=O)N1CCCC(n2nc3c(=O)[nH]nc(N)c3c2-c2oc3ccc(C)cc3c2C)C1. The van der Waals surface area contributed by atoms with Crippen LogP contribution in [0.5, 0.6) is 0 Å². The molecule has 0 saturated carbocycles. The molecule has 162 valence electrons. The molecule has 1 fully saturated rings. The third kappa shape index (κ3) is 2.95. The third-order valence-electron chi connectivity index (χ3n) is 6.12. The zero-order chi connectivity index (χ0) is 22.6. The van der Waals surface area contributed by atoms with Gasteiger partial charge in [0.2, 0.25) is 0 Å². The van der Waals surface area contributed by atoms with Crippen LogP contribution in [0, 0.1) is 26.2 Å². The Morgan fingerprint density at radius 1 is 1.38 bits per heavy atom. The van der Waals surface area contributed by atoms with Gasteiger partial charge < -0.3 is 15.1 Å². The first-order valence-electron chi connectivity index (χ1n) is 10.4. The van der Waals surface area contributed by atoms with Crippen LogP contribution in [0.1, 0.15) is 30.0 Å². The van der Waals surface area contributed by atoms with Crippen molar-refractivity contribution in [3.05, 3.63) is 39.7 Å². The van der Waals surface area contributed by atoms with Crippen molar-refractivity contribution in [2.75, 3.05) is 18.8 Å². The summed E-state index contributed by atoms with van der Waals surface area (Å²) in [6.07, 6.45) is 6.86. The first-order chi connectivity index (χ1) is 15.4. The van der Waals surface area contributed by atoms with Crippen LogP contribution < -0.4 is 11.3 Å². The number of benzene rings is 1. The van der Waals surface area contributed by atoms with Crippen LogP contribution in [0.2, 0.25) is 0 Å². The predicted octanol–water partition coefficient (Wildman–Crippen LogP) is 2.53. The minimum atomic E-state index is -0.439. The van der Waals surface area contributed by atoms with Crippen molar-refractivity contribution in [3.63, 3.8) is 0 Å². The molecular formula is C23H22N6O3. The lowest BCUT2D eigenvalue weighted by Crippen LogP contribution is -2.40. The normalized spacial score (nSPS) is 16.5. The summed E-state index contributed by atoms with van der Waals surface area (Å²) in [5.41, 5.74) is 9.29. The van der Waals surface area contributed by atoms with Gasteiger partial charge in [0.1, 0.15) is 11.3 Å². The number of aromatic amines is 1. The largest absolute Gasteiger partial charge is 0.454 e. The fourth-order valence-electron chi connectivity index (χ4n) is 4.53. The highest BCUT2D eigenvalue weighted by atomic mass is 16.3. The molecule has 0 bridgehead atoms. The fraction of sp³-hybridized carbons (Fsp3) is 0.304. The summed E-state index contributed by atoms with van der Waals surface area (Å²) >= 11 is 0. The number of amides is 1. The average molecular weight is 430 g/mol. The van der Waals surface area contributed by atoms with E-state index in [-0.39, 0.29) is 23.3 Å². The van der Waals surface area contributed by atoms with Gasteiger partial charge in [-0.25, -0.2) is 5.10 Å². The molecule has 9 nitrogen and oxygen atoms in total. The lowest BCUT2D eigenvalue weighted by molar-refractivity contribution is -0.126. The van der Waals surface area contributed by atoms with Gasteiger partial charge in [-0.15, -0.1) is 6.42 Å². The number of rotatable bonds is 2. The minimum absolute atomic E-state index is 0.157. The molecule has 1 aromatic carbocycles. The Morgan fingerprint density at radius 2 is 2.19 bits per heavy atom. The number of anilines is 1. The number of aryl methyl sites for hydroxylation is 2. The van der Waals surface area contributed by atoms with Gasteiger partial charge in [-0.05, 0) is 44.7 Å². The van der Waals surface area contributed by atoms with E-state index in [1.807, 2.05) is 26.0 Å². The second-order valence-corrected chi connectivity index (χ2v) is 8.20. The van der Waals surface area contributed by atoms with Crippen LogP contribution in [-0.2, 0) is 4.79 Å². The number of hydrogen-bond donors (Lipinski definition) is 2. The van der Waals surface area contributed by atoms with Gasteiger partial charge in [-0.1, -0.05) is 11.6 Å². The Hall–Kier alpha value is -4.06. The van der Waals surface area contributed by atoms with Crippen molar-refractivity contribution < 1.29 is 9.21 Å². The van der Waals surface area contributed by atoms with E-state index in [2.05, 4.69) is 27.3 Å². The number of piperidine rings is 1. The summed E-state index contributed by atoms with van der Waals surface area (Å²) in [6.45, 7) is 4.96. The molecule has 4 aromatic rings. The van der Waals surface area contributed by atoms with Crippen molar-refractivity contribution in [3.8, 4) is 23.8 Å². The zero-order valence-corrected chi connectivity index (χ0v) is 17.8. The Kier molecular flexibility index (Phi) is 4.51. The highest BCUT2D eigenvalue weighted by Gasteiger charge is 2.31. The molecule has 4 heterocycles. The van der Waals surface area contributed by atoms with Crippen LogP contribution in [0.25, 0.3) is 33.3 Å². The molecule has 0 spiro atoms. The van der Waals surface area contributed by atoms with Gasteiger partial charge in [0.15, 0.2) is 17.1 Å². The van der Waals surface area contributed by atoms with Gasteiger partial charge >= 0.3 is 0 Å². The highest BCUT2D eigenvalue weighted by Crippen LogP contribution is 2.40. The maximum absolute atomic E-state index is 12.6. The molecular weight excluding hydrogens is 408 g/mol. The quantitative estimate of drug-likeness (QED) is 0.471. The van der Waals surface area contributed by atoms with Crippen molar-refractivity contribution in [2.45, 2.75) is 32.7 Å². The number of carbonyl (C=O) groups is 1. The molecule has 3 aromatic heterocycles. The molecule has 9 heteroatoms. The third-order valence-corrected chi connectivity index (χ3v) is 6.12. The van der Waals surface area contributed by atoms with E-state index in [9.17, 15) is 9.59 Å². The molecule has 32 heavy (non-hydrogen) atoms. The number of likely N-dealkylation sites (tertiary alicyclic amines) is 1. The molecule has 0 radical (unpaired) electrons. The fourth-order valence-corrected chi connectivity index (χ4v) is 4.53. The van der Waals surface area contributed by atoms with E-state index in [1.54, 1.807) is 9.58 Å². The Labute approximate surface area is 183 Å². The number of nitrogens with two attached hydrogens (primary N) is 1. The monoisotopic (exact) mass is 430 g/mol. The molecule has 1 amide bonds. The van der Waals surface area contributed by atoms with Gasteiger partial charge in [-0.2, -0.15) is 10.2 Å². The number of H-pyrrole nitrogens is 1. The number of furan rings is 1. The van der Waals surface area contributed by atoms with E-state index in [0.29, 0.717) is 29.9 Å². The van der Waals surface area contributed by atoms with Crippen LogP contribution in [0.4, 0.5) is 5.82 Å². The van der Waals surface area contributed by atoms with Gasteiger partial charge in [0.25, 0.3) is 11.5 Å².